The van der Waals surface area contributed by atoms with Gasteiger partial charge in [0.2, 0.25) is 0 Å². The van der Waals surface area contributed by atoms with Crippen LogP contribution in [0.3, 0.4) is 0 Å². The minimum Gasteiger partial charge on any atom is -0.275 e. The first-order valence-corrected chi connectivity index (χ1v) is 6.23. The third-order valence-electron chi connectivity index (χ3n) is 2.33. The zero-order chi connectivity index (χ0) is 12.3. The first kappa shape index (κ1) is 13.0. The van der Waals surface area contributed by atoms with Crippen molar-refractivity contribution in [2.24, 2.45) is 0 Å². The molecular formula is C9H13FN2O3S. The van der Waals surface area contributed by atoms with E-state index in [0.29, 0.717) is 12.2 Å². The van der Waals surface area contributed by atoms with Gasteiger partial charge in [-0.3, -0.25) is 19.8 Å². The molecule has 0 aliphatic carbocycles. The lowest BCUT2D eigenvalue weighted by atomic mass is 10.1. The third kappa shape index (κ3) is 2.34. The van der Waals surface area contributed by atoms with Crippen LogP contribution in [0.15, 0.2) is 0 Å². The van der Waals surface area contributed by atoms with E-state index in [-0.39, 0.29) is 6.04 Å². The standard InChI is InChI=1S/C9H13FN2O3S/c1-3-5(4-16-2)12-8(14)6(10)7(13)11-9(12)15/h5-6H,3-4H2,1-2H3,(H,11,13,15). The number of alkyl halides is 1. The van der Waals surface area contributed by atoms with Gasteiger partial charge in [0, 0.05) is 5.75 Å². The Bertz CT molecular complexity index is 324. The summed E-state index contributed by atoms with van der Waals surface area (Å²) in [5.41, 5.74) is 0. The number of imide groups is 2. The number of nitrogens with one attached hydrogen (secondary N) is 1. The largest absolute Gasteiger partial charge is 0.331 e. The number of hydrogen-bond acceptors (Lipinski definition) is 4. The molecule has 1 aliphatic rings. The molecule has 1 fully saturated rings. The molecule has 0 aromatic carbocycles. The molecule has 0 spiro atoms. The van der Waals surface area contributed by atoms with Gasteiger partial charge in [-0.15, -0.1) is 0 Å². The molecule has 0 aromatic rings. The summed E-state index contributed by atoms with van der Waals surface area (Å²) in [7, 11) is 0. The van der Waals surface area contributed by atoms with Crippen LogP contribution in [0.4, 0.5) is 9.18 Å². The molecule has 1 rings (SSSR count). The normalized spacial score (nSPS) is 23.3. The maximum atomic E-state index is 13.2. The molecule has 7 heteroatoms. The molecule has 5 nitrogen and oxygen atoms in total. The molecule has 4 amide bonds. The topological polar surface area (TPSA) is 66.5 Å². The van der Waals surface area contributed by atoms with Gasteiger partial charge in [-0.05, 0) is 12.7 Å². The molecular weight excluding hydrogens is 235 g/mol. The maximum absolute atomic E-state index is 13.2. The molecule has 0 bridgehead atoms. The second-order valence-corrected chi connectivity index (χ2v) is 4.29. The number of rotatable bonds is 4. The molecule has 2 atom stereocenters. The Hall–Kier alpha value is -1.11. The van der Waals surface area contributed by atoms with Crippen LogP contribution < -0.4 is 5.32 Å². The molecule has 0 saturated carbocycles. The molecule has 1 saturated heterocycles. The number of hydrogen-bond donors (Lipinski definition) is 1. The number of carbonyl (C=O) groups excluding carboxylic acids is 3. The number of nitrogens with zero attached hydrogens (tertiary/aromatic N) is 1. The quantitative estimate of drug-likeness (QED) is 0.738. The van der Waals surface area contributed by atoms with Crippen LogP contribution in [0.5, 0.6) is 0 Å². The van der Waals surface area contributed by atoms with Crippen molar-refractivity contribution in [3.8, 4) is 0 Å². The number of amides is 4. The summed E-state index contributed by atoms with van der Waals surface area (Å²) in [5, 5.41) is 1.83. The SMILES string of the molecule is CCC(CSC)N1C(=O)NC(=O)C(F)C1=O. The van der Waals surface area contributed by atoms with Gasteiger partial charge in [-0.25, -0.2) is 9.18 Å². The number of carbonyl (C=O) groups is 3. The van der Waals surface area contributed by atoms with E-state index in [1.165, 1.54) is 11.8 Å². The molecule has 16 heavy (non-hydrogen) atoms. The summed E-state index contributed by atoms with van der Waals surface area (Å²) in [5.74, 6) is -1.71. The van der Waals surface area contributed by atoms with Gasteiger partial charge < -0.3 is 0 Å². The molecule has 1 N–H and O–H groups in total. The summed E-state index contributed by atoms with van der Waals surface area (Å²) >= 11 is 1.45. The van der Waals surface area contributed by atoms with Gasteiger partial charge in [0.15, 0.2) is 0 Å². The first-order valence-electron chi connectivity index (χ1n) is 4.83. The second kappa shape index (κ2) is 5.29. The van der Waals surface area contributed by atoms with E-state index in [1.807, 2.05) is 11.6 Å². The number of urea groups is 1. The molecule has 0 radical (unpaired) electrons. The van der Waals surface area contributed by atoms with Crippen LogP contribution >= 0.6 is 11.8 Å². The molecule has 90 valence electrons. The Kier molecular flexibility index (Phi) is 4.28. The first-order chi connectivity index (χ1) is 7.52. The van der Waals surface area contributed by atoms with Gasteiger partial charge in [0.1, 0.15) is 0 Å². The predicted octanol–water partition coefficient (Wildman–Crippen LogP) is 0.544. The van der Waals surface area contributed by atoms with Gasteiger partial charge in [-0.2, -0.15) is 11.8 Å². The van der Waals surface area contributed by atoms with Gasteiger partial charge in [-0.1, -0.05) is 6.92 Å². The fraction of sp³-hybridized carbons (Fsp3) is 0.667. The van der Waals surface area contributed by atoms with E-state index >= 15 is 0 Å². The van der Waals surface area contributed by atoms with Crippen molar-refractivity contribution in [2.75, 3.05) is 12.0 Å². The number of halogens is 1. The molecule has 2 unspecified atom stereocenters. The molecule has 0 aromatic heterocycles. The number of barbiturate groups is 1. The fourth-order valence-corrected chi connectivity index (χ4v) is 2.25. The second-order valence-electron chi connectivity index (χ2n) is 3.38. The van der Waals surface area contributed by atoms with Crippen molar-refractivity contribution in [1.29, 1.82) is 0 Å². The zero-order valence-electron chi connectivity index (χ0n) is 9.03. The summed E-state index contributed by atoms with van der Waals surface area (Å²) in [6.45, 7) is 1.80. The Morgan fingerprint density at radius 3 is 2.62 bits per heavy atom. The predicted molar refractivity (Wildman–Crippen MR) is 57.7 cm³/mol. The molecule has 1 heterocycles. The van der Waals surface area contributed by atoms with Crippen LogP contribution in [0.2, 0.25) is 0 Å². The van der Waals surface area contributed by atoms with Crippen LogP contribution in [-0.4, -0.2) is 47.0 Å². The van der Waals surface area contributed by atoms with Crippen LogP contribution in [0.1, 0.15) is 13.3 Å². The highest BCUT2D eigenvalue weighted by atomic mass is 32.2. The highest BCUT2D eigenvalue weighted by molar-refractivity contribution is 7.98. The average molecular weight is 248 g/mol. The van der Waals surface area contributed by atoms with Gasteiger partial charge in [0.25, 0.3) is 18.0 Å². The van der Waals surface area contributed by atoms with E-state index in [4.69, 9.17) is 0 Å². The van der Waals surface area contributed by atoms with E-state index in [9.17, 15) is 18.8 Å². The van der Waals surface area contributed by atoms with E-state index in [1.54, 1.807) is 6.92 Å². The van der Waals surface area contributed by atoms with Gasteiger partial charge >= 0.3 is 6.03 Å². The van der Waals surface area contributed by atoms with Crippen molar-refractivity contribution in [3.63, 3.8) is 0 Å². The van der Waals surface area contributed by atoms with Crippen molar-refractivity contribution in [3.05, 3.63) is 0 Å². The summed E-state index contributed by atoms with van der Waals surface area (Å²) in [6, 6.07) is -1.21. The Labute approximate surface area is 96.7 Å². The highest BCUT2D eigenvalue weighted by Gasteiger charge is 2.43. The van der Waals surface area contributed by atoms with Crippen LogP contribution in [-0.2, 0) is 9.59 Å². The van der Waals surface area contributed by atoms with E-state index in [2.05, 4.69) is 0 Å². The lowest BCUT2D eigenvalue weighted by Crippen LogP contribution is -2.62. The van der Waals surface area contributed by atoms with Crippen molar-refractivity contribution in [2.45, 2.75) is 25.6 Å². The van der Waals surface area contributed by atoms with E-state index < -0.39 is 24.0 Å². The zero-order valence-corrected chi connectivity index (χ0v) is 9.84. The Morgan fingerprint density at radius 1 is 1.50 bits per heavy atom. The fourth-order valence-electron chi connectivity index (χ4n) is 1.48. The lowest BCUT2D eigenvalue weighted by molar-refractivity contribution is -0.145. The smallest absolute Gasteiger partial charge is 0.275 e. The van der Waals surface area contributed by atoms with Gasteiger partial charge in [0.05, 0.1) is 6.04 Å². The summed E-state index contributed by atoms with van der Waals surface area (Å²) in [6.07, 6.45) is 0.0853. The minimum absolute atomic E-state index is 0.381. The van der Waals surface area contributed by atoms with Crippen molar-refractivity contribution in [1.82, 2.24) is 10.2 Å². The van der Waals surface area contributed by atoms with E-state index in [0.717, 1.165) is 4.90 Å². The summed E-state index contributed by atoms with van der Waals surface area (Å²) in [4.78, 5) is 34.6. The number of thioether (sulfide) groups is 1. The minimum atomic E-state index is -2.27. The van der Waals surface area contributed by atoms with Crippen LogP contribution in [0, 0.1) is 0 Å². The molecule has 1 aliphatic heterocycles. The van der Waals surface area contributed by atoms with Crippen molar-refractivity contribution < 1.29 is 18.8 Å². The third-order valence-corrected chi connectivity index (χ3v) is 3.05. The van der Waals surface area contributed by atoms with Crippen molar-refractivity contribution >= 4 is 29.6 Å². The average Bonchev–Trinajstić information content (AvgIpc) is 2.25. The monoisotopic (exact) mass is 248 g/mol. The Balaban J connectivity index is 2.88. The summed E-state index contributed by atoms with van der Waals surface area (Å²) < 4.78 is 13.2. The highest BCUT2D eigenvalue weighted by Crippen LogP contribution is 2.16. The van der Waals surface area contributed by atoms with Crippen LogP contribution in [0.25, 0.3) is 0 Å². The maximum Gasteiger partial charge on any atom is 0.331 e. The lowest BCUT2D eigenvalue weighted by Gasteiger charge is -2.32. The Morgan fingerprint density at radius 2 is 2.12 bits per heavy atom.